The molecule has 60 heavy (non-hydrogen) atoms. The average molecular weight is 896 g/mol. The Balaban J connectivity index is 1.08. The number of carbonyl (C=O) groups excluding carboxylic acids is 1. The number of hydrogen-bond acceptors (Lipinski definition) is 18. The Labute approximate surface area is 339 Å². The van der Waals surface area contributed by atoms with Gasteiger partial charge in [0.15, 0.2) is 36.3 Å². The molecule has 0 radical (unpaired) electrons. The van der Waals surface area contributed by atoms with E-state index in [4.69, 9.17) is 38.0 Å². The summed E-state index contributed by atoms with van der Waals surface area (Å²) in [7, 11) is -5.28. The first-order valence-corrected chi connectivity index (χ1v) is 22.4. The molecule has 2 bridgehead atoms. The van der Waals surface area contributed by atoms with Crippen LogP contribution in [0.15, 0.2) is 77.0 Å². The van der Waals surface area contributed by atoms with E-state index in [1.165, 1.54) is 53.4 Å². The highest BCUT2D eigenvalue weighted by atomic mass is 32.7. The van der Waals surface area contributed by atoms with Crippen molar-refractivity contribution in [3.63, 3.8) is 0 Å². The fourth-order valence-corrected chi connectivity index (χ4v) is 10.9. The van der Waals surface area contributed by atoms with Gasteiger partial charge in [0, 0.05) is 18.0 Å². The number of nitrogens with two attached hydrogens (primary N) is 1. The molecule has 3 fully saturated rings. The van der Waals surface area contributed by atoms with Crippen molar-refractivity contribution in [3.8, 4) is 11.5 Å². The van der Waals surface area contributed by atoms with Crippen molar-refractivity contribution in [3.05, 3.63) is 105 Å². The Morgan fingerprint density at radius 3 is 2.47 bits per heavy atom. The number of aromatic amines is 1. The van der Waals surface area contributed by atoms with Crippen LogP contribution in [0.3, 0.4) is 0 Å². The number of phenols is 1. The van der Waals surface area contributed by atoms with Crippen LogP contribution in [0.4, 0.5) is 14.6 Å². The third kappa shape index (κ3) is 8.53. The quantitative estimate of drug-likeness (QED) is 0.103. The number of aromatic hydroxyl groups is 1. The van der Waals surface area contributed by atoms with Crippen molar-refractivity contribution in [1.82, 2.24) is 29.1 Å². The van der Waals surface area contributed by atoms with Gasteiger partial charge in [-0.05, 0) is 59.8 Å². The number of rotatable bonds is 7. The van der Waals surface area contributed by atoms with Gasteiger partial charge in [0.05, 0.1) is 25.1 Å². The van der Waals surface area contributed by atoms with Gasteiger partial charge in [0.2, 0.25) is 0 Å². The molecule has 2 aromatic carbocycles. The zero-order valence-corrected chi connectivity index (χ0v) is 33.4. The third-order valence-electron chi connectivity index (χ3n) is 9.58. The molecule has 0 aliphatic carbocycles. The van der Waals surface area contributed by atoms with Crippen LogP contribution >= 0.6 is 26.0 Å². The first-order valence-electron chi connectivity index (χ1n) is 17.8. The summed E-state index contributed by atoms with van der Waals surface area (Å²) in [6.45, 7) is -4.88. The summed E-state index contributed by atoms with van der Waals surface area (Å²) in [5, 5.41) is 9.67. The first-order chi connectivity index (χ1) is 28.6. The second kappa shape index (κ2) is 16.5. The van der Waals surface area contributed by atoms with Crippen LogP contribution in [-0.2, 0) is 42.5 Å². The van der Waals surface area contributed by atoms with Crippen LogP contribution in [0.25, 0.3) is 11.2 Å². The zero-order chi connectivity index (χ0) is 42.5. The number of anilines is 1. The van der Waals surface area contributed by atoms with E-state index in [2.05, 4.69) is 15.0 Å². The molecule has 3 saturated heterocycles. The number of aryl methyl sites for hydroxylation is 1. The minimum Gasteiger partial charge on any atom is -0.508 e. The summed E-state index contributed by atoms with van der Waals surface area (Å²) in [4.78, 5) is 62.1. The molecule has 0 saturated carbocycles. The van der Waals surface area contributed by atoms with Gasteiger partial charge in [-0.25, -0.2) is 42.5 Å². The van der Waals surface area contributed by atoms with Gasteiger partial charge in [0.25, 0.3) is 5.56 Å². The summed E-state index contributed by atoms with van der Waals surface area (Å²) in [6, 6.07) is 11.1. The Bertz CT molecular complexity index is 2660. The van der Waals surface area contributed by atoms with Gasteiger partial charge in [0.1, 0.15) is 47.8 Å². The molecule has 318 valence electrons. The van der Waals surface area contributed by atoms with Gasteiger partial charge in [-0.2, -0.15) is 0 Å². The molecular weight excluding hydrogens is 862 g/mol. The molecule has 0 amide bonds. The summed E-state index contributed by atoms with van der Waals surface area (Å²) in [5.41, 5.74) is 5.38. The van der Waals surface area contributed by atoms with Crippen LogP contribution in [0, 0.1) is 6.92 Å². The Hall–Kier alpha value is -4.87. The fourth-order valence-electron chi connectivity index (χ4n) is 6.64. The molecule has 3 aromatic heterocycles. The van der Waals surface area contributed by atoms with Gasteiger partial charge in [-0.3, -0.25) is 37.0 Å². The Morgan fingerprint density at radius 1 is 0.967 bits per heavy atom. The predicted octanol–water partition coefficient (Wildman–Crippen LogP) is 3.62. The number of H-pyrrole nitrogens is 1. The number of fused-ring (bicyclic) bond motifs is 4. The topological polar surface area (TPSA) is 281 Å². The minimum absolute atomic E-state index is 0.0198. The van der Waals surface area contributed by atoms with Crippen molar-refractivity contribution in [2.24, 2.45) is 0 Å². The molecular formula is C34H33F2N7O14P2S. The molecule has 21 nitrogen and oxygen atoms in total. The maximum atomic E-state index is 16.4. The largest absolute Gasteiger partial charge is 0.508 e. The van der Waals surface area contributed by atoms with Gasteiger partial charge >= 0.3 is 26.3 Å². The lowest BCUT2D eigenvalue weighted by Crippen LogP contribution is -2.36. The summed E-state index contributed by atoms with van der Waals surface area (Å²) >= 11 is 0.552. The minimum atomic E-state index is -5.28. The fraction of sp³-hybridized carbons (Fsp3) is 0.353. The first kappa shape index (κ1) is 41.8. The molecule has 3 aliphatic rings. The summed E-state index contributed by atoms with van der Waals surface area (Å²) in [6.07, 6.45) is -11.9. The van der Waals surface area contributed by atoms with Crippen LogP contribution < -0.4 is 21.7 Å². The van der Waals surface area contributed by atoms with E-state index in [1.54, 1.807) is 6.92 Å². The van der Waals surface area contributed by atoms with Gasteiger partial charge < -0.3 is 29.9 Å². The number of nitrogens with one attached hydrogen (secondary N) is 1. The number of nitrogen functional groups attached to an aromatic ring is 1. The molecule has 1 unspecified atom stereocenters. The molecule has 10 atom stereocenters. The Kier molecular flexibility index (Phi) is 11.5. The van der Waals surface area contributed by atoms with E-state index in [1.807, 2.05) is 4.98 Å². The molecule has 26 heteroatoms. The number of nitrogens with zero attached hydrogens (tertiary/aromatic N) is 5. The van der Waals surface area contributed by atoms with E-state index in [-0.39, 0.29) is 39.8 Å². The van der Waals surface area contributed by atoms with E-state index in [0.29, 0.717) is 27.1 Å². The van der Waals surface area contributed by atoms with Gasteiger partial charge in [-0.15, -0.1) is 0 Å². The number of ether oxygens (including phenoxy) is 3. The number of imidazole rings is 1. The summed E-state index contributed by atoms with van der Waals surface area (Å²) in [5.74, 6) is -0.731. The van der Waals surface area contributed by atoms with E-state index in [9.17, 15) is 33.5 Å². The van der Waals surface area contributed by atoms with Crippen molar-refractivity contribution < 1.29 is 65.0 Å². The molecule has 5 N–H and O–H groups in total. The second-order valence-corrected chi connectivity index (χ2v) is 19.0. The van der Waals surface area contributed by atoms with Crippen LogP contribution in [-0.4, -0.2) is 95.0 Å². The van der Waals surface area contributed by atoms with Crippen molar-refractivity contribution in [2.75, 3.05) is 18.9 Å². The number of phenolic OH excluding ortho intramolecular Hbond substituents is 1. The highest BCUT2D eigenvalue weighted by Crippen LogP contribution is 2.64. The molecule has 3 aliphatic heterocycles. The lowest BCUT2D eigenvalue weighted by Gasteiger charge is -2.27. The zero-order valence-electron chi connectivity index (χ0n) is 30.8. The molecule has 5 aromatic rings. The van der Waals surface area contributed by atoms with Gasteiger partial charge in [-0.1, -0.05) is 12.1 Å². The van der Waals surface area contributed by atoms with Crippen molar-refractivity contribution in [1.29, 1.82) is 0 Å². The lowest BCUT2D eigenvalue weighted by molar-refractivity contribution is -0.0640. The number of esters is 1. The lowest BCUT2D eigenvalue weighted by atomic mass is 10.1. The van der Waals surface area contributed by atoms with Crippen LogP contribution in [0.2, 0.25) is 0 Å². The number of carbonyl (C=O) groups is 1. The normalized spacial score (nSPS) is 30.9. The smallest absolute Gasteiger partial charge is 0.472 e. The van der Waals surface area contributed by atoms with Crippen LogP contribution in [0.1, 0.15) is 33.9 Å². The molecule has 6 heterocycles. The monoisotopic (exact) mass is 895 g/mol. The standard InChI is InChI=1S/C34H33F2N7O14P2S/c1-16-10-18(44)4-7-20(16)33(46)53-19-5-2-17(3-6-19)13-60-59(50)52-11-21-24(35)28(32(54-21)43-15-40-26-29(37)38-14-39-30(26)43)56-58(48,49)51-12-22-27(57-59)25(36)31(55-22)42-9-8-23(45)41-34(42)47/h2-10,14-15,21-22,24-25,27-28,31-32,44H,11-13H2,1H3,(H,48,49)(H2,37,38,39)(H,41,45,47)/t21-,22-,24-,25-,27-,28-,31-,32-,59-/m1/s1. The number of phosphoric acid groups is 1. The number of halogens is 2. The maximum absolute atomic E-state index is 16.4. The maximum Gasteiger partial charge on any atom is 0.472 e. The van der Waals surface area contributed by atoms with E-state index >= 15 is 8.78 Å². The molecule has 8 rings (SSSR count). The van der Waals surface area contributed by atoms with Crippen LogP contribution in [0.5, 0.6) is 11.5 Å². The van der Waals surface area contributed by atoms with Crippen molar-refractivity contribution >= 4 is 49.0 Å². The SMILES string of the molecule is Cc1cc(O)ccc1C(=O)Oc1ccc(CS[P@]2(=O)OC[C@H]3O[C@@H](n4cnc5c(N)ncnc54)[C@H](OP(=O)(O)OC[C@H]4O[C@@H](n5ccc(=O)[nH]c5=O)[C@H](F)[C@@H]4O2)[C@@H]3F)cc1. The number of phosphoric ester groups is 1. The average Bonchev–Trinajstić information content (AvgIpc) is 3.86. The van der Waals surface area contributed by atoms with Crippen molar-refractivity contribution in [2.45, 2.75) is 61.9 Å². The third-order valence-corrected chi connectivity index (χ3v) is 14.2. The molecule has 0 spiro atoms. The predicted molar refractivity (Wildman–Crippen MR) is 203 cm³/mol. The number of benzene rings is 2. The van der Waals surface area contributed by atoms with E-state index in [0.717, 1.165) is 18.6 Å². The highest BCUT2D eigenvalue weighted by Gasteiger charge is 2.55. The second-order valence-electron chi connectivity index (χ2n) is 13.6. The van der Waals surface area contributed by atoms with E-state index < -0.39 is 94.3 Å². The number of hydrogen-bond donors (Lipinski definition) is 4. The highest BCUT2D eigenvalue weighted by molar-refractivity contribution is 8.54. The number of alkyl halides is 2. The Morgan fingerprint density at radius 2 is 1.72 bits per heavy atom. The summed E-state index contributed by atoms with van der Waals surface area (Å²) < 4.78 is 102. The number of aromatic nitrogens is 6.